The Bertz CT molecular complexity index is 368. The molecule has 6 heteroatoms. The van der Waals surface area contributed by atoms with Crippen LogP contribution in [0.1, 0.15) is 23.0 Å². The van der Waals surface area contributed by atoms with E-state index in [1.165, 1.54) is 6.92 Å². The number of rotatable bonds is 3. The van der Waals surface area contributed by atoms with Crippen molar-refractivity contribution in [1.82, 2.24) is 0 Å². The zero-order valence-electron chi connectivity index (χ0n) is 7.77. The maximum absolute atomic E-state index is 11.2. The molecule has 6 nitrogen and oxygen atoms in total. The number of nitro groups is 1. The van der Waals surface area contributed by atoms with Crippen LogP contribution in [0.25, 0.3) is 0 Å². The number of carbonyl (C=O) groups is 1. The molecule has 0 N–H and O–H groups in total. The quantitative estimate of drug-likeness (QED) is 0.420. The molecule has 1 aromatic rings. The molecule has 0 unspecified atom stereocenters. The van der Waals surface area contributed by atoms with E-state index >= 15 is 0 Å². The molecule has 0 spiro atoms. The van der Waals surface area contributed by atoms with Gasteiger partial charge in [0.1, 0.15) is 16.2 Å². The van der Waals surface area contributed by atoms with Crippen molar-refractivity contribution in [3.8, 4) is 0 Å². The van der Waals surface area contributed by atoms with Gasteiger partial charge < -0.3 is 9.15 Å². The molecule has 0 saturated heterocycles. The summed E-state index contributed by atoms with van der Waals surface area (Å²) in [6.45, 7) is 3.35. The first-order valence-electron chi connectivity index (χ1n) is 3.98. The molecule has 14 heavy (non-hydrogen) atoms. The summed E-state index contributed by atoms with van der Waals surface area (Å²) in [4.78, 5) is 20.8. The highest BCUT2D eigenvalue weighted by Gasteiger charge is 2.21. The van der Waals surface area contributed by atoms with Gasteiger partial charge in [0.2, 0.25) is 0 Å². The molecule has 0 amide bonds. The maximum Gasteiger partial charge on any atom is 0.434 e. The molecule has 0 fully saturated rings. The van der Waals surface area contributed by atoms with Gasteiger partial charge in [-0.25, -0.2) is 4.79 Å². The van der Waals surface area contributed by atoms with Gasteiger partial charge in [-0.1, -0.05) is 0 Å². The standard InChI is InChI=1S/C8H9NO5/c1-3-13-8(10)6-4-7(9(11)12)14-5(6)2/h4H,3H2,1-2H3. The molecule has 1 rings (SSSR count). The summed E-state index contributed by atoms with van der Waals surface area (Å²) in [5, 5.41) is 10.3. The zero-order chi connectivity index (χ0) is 10.7. The number of nitrogens with zero attached hydrogens (tertiary/aromatic N) is 1. The fourth-order valence-corrected chi connectivity index (χ4v) is 0.968. The van der Waals surface area contributed by atoms with Crippen LogP contribution in [0.3, 0.4) is 0 Å². The van der Waals surface area contributed by atoms with E-state index in [0.29, 0.717) is 0 Å². The Labute approximate surface area is 79.6 Å². The third-order valence-electron chi connectivity index (χ3n) is 1.58. The molecule has 0 radical (unpaired) electrons. The molecule has 1 aromatic heterocycles. The Morgan fingerprint density at radius 1 is 1.71 bits per heavy atom. The smallest absolute Gasteiger partial charge is 0.434 e. The van der Waals surface area contributed by atoms with E-state index in [2.05, 4.69) is 4.74 Å². The number of carbonyl (C=O) groups excluding carboxylic acids is 1. The van der Waals surface area contributed by atoms with E-state index in [-0.39, 0.29) is 17.9 Å². The summed E-state index contributed by atoms with van der Waals surface area (Å²) in [6.07, 6.45) is 0. The first-order chi connectivity index (χ1) is 6.56. The Morgan fingerprint density at radius 3 is 2.79 bits per heavy atom. The molecule has 0 atom stereocenters. The van der Waals surface area contributed by atoms with Crippen molar-refractivity contribution in [3.63, 3.8) is 0 Å². The van der Waals surface area contributed by atoms with Gasteiger partial charge >= 0.3 is 11.9 Å². The fourth-order valence-electron chi connectivity index (χ4n) is 0.968. The molecule has 0 bridgehead atoms. The highest BCUT2D eigenvalue weighted by molar-refractivity contribution is 5.91. The van der Waals surface area contributed by atoms with Crippen molar-refractivity contribution in [1.29, 1.82) is 0 Å². The van der Waals surface area contributed by atoms with Crippen LogP contribution < -0.4 is 0 Å². The summed E-state index contributed by atoms with van der Waals surface area (Å²) in [5.74, 6) is -0.873. The summed E-state index contributed by atoms with van der Waals surface area (Å²) in [5.41, 5.74) is 0.0959. The average Bonchev–Trinajstić information content (AvgIpc) is 2.48. The molecular weight excluding hydrogens is 190 g/mol. The first kappa shape index (κ1) is 10.2. The van der Waals surface area contributed by atoms with Crippen LogP contribution in [0.2, 0.25) is 0 Å². The monoisotopic (exact) mass is 199 g/mol. The second-order valence-electron chi connectivity index (χ2n) is 2.53. The number of ether oxygens (including phenoxy) is 1. The van der Waals surface area contributed by atoms with Crippen LogP contribution in [0, 0.1) is 17.0 Å². The van der Waals surface area contributed by atoms with Crippen molar-refractivity contribution < 1.29 is 18.9 Å². The van der Waals surface area contributed by atoms with Crippen LogP contribution in [-0.2, 0) is 4.74 Å². The first-order valence-corrected chi connectivity index (χ1v) is 3.98. The zero-order valence-corrected chi connectivity index (χ0v) is 7.77. The third-order valence-corrected chi connectivity index (χ3v) is 1.58. The SMILES string of the molecule is CCOC(=O)c1cc([N+](=O)[O-])oc1C. The summed E-state index contributed by atoms with van der Waals surface area (Å²) < 4.78 is 9.42. The Morgan fingerprint density at radius 2 is 2.36 bits per heavy atom. The van der Waals surface area contributed by atoms with E-state index in [1.54, 1.807) is 6.92 Å². The maximum atomic E-state index is 11.2. The van der Waals surface area contributed by atoms with Gasteiger partial charge in [0.25, 0.3) is 0 Å². The fraction of sp³-hybridized carbons (Fsp3) is 0.375. The Hall–Kier alpha value is -1.85. The van der Waals surface area contributed by atoms with Crippen LogP contribution in [0.4, 0.5) is 5.88 Å². The minimum Gasteiger partial charge on any atom is -0.462 e. The molecule has 0 aliphatic carbocycles. The van der Waals surface area contributed by atoms with Crippen molar-refractivity contribution in [3.05, 3.63) is 27.5 Å². The second-order valence-corrected chi connectivity index (χ2v) is 2.53. The number of furan rings is 1. The Kier molecular flexibility index (Phi) is 2.85. The number of hydrogen-bond acceptors (Lipinski definition) is 5. The minimum absolute atomic E-state index is 0.0959. The van der Waals surface area contributed by atoms with Gasteiger partial charge in [-0.05, 0) is 13.8 Å². The van der Waals surface area contributed by atoms with E-state index in [1.807, 2.05) is 0 Å². The van der Waals surface area contributed by atoms with Crippen LogP contribution >= 0.6 is 0 Å². The molecular formula is C8H9NO5. The van der Waals surface area contributed by atoms with Gasteiger partial charge in [0.15, 0.2) is 0 Å². The summed E-state index contributed by atoms with van der Waals surface area (Å²) in [7, 11) is 0. The van der Waals surface area contributed by atoms with E-state index in [4.69, 9.17) is 4.42 Å². The minimum atomic E-state index is -0.699. The van der Waals surface area contributed by atoms with Gasteiger partial charge in [-0.15, -0.1) is 0 Å². The van der Waals surface area contributed by atoms with Gasteiger partial charge in [0, 0.05) is 0 Å². The van der Waals surface area contributed by atoms with Crippen molar-refractivity contribution in [2.45, 2.75) is 13.8 Å². The lowest BCUT2D eigenvalue weighted by atomic mass is 10.2. The van der Waals surface area contributed by atoms with Crippen molar-refractivity contribution in [2.24, 2.45) is 0 Å². The second kappa shape index (κ2) is 3.91. The lowest BCUT2D eigenvalue weighted by Gasteiger charge is -1.97. The van der Waals surface area contributed by atoms with E-state index in [9.17, 15) is 14.9 Å². The lowest BCUT2D eigenvalue weighted by Crippen LogP contribution is -2.04. The van der Waals surface area contributed by atoms with Crippen molar-refractivity contribution in [2.75, 3.05) is 6.61 Å². The molecule has 0 aromatic carbocycles. The molecule has 1 heterocycles. The Balaban J connectivity index is 2.98. The normalized spacial score (nSPS) is 9.86. The van der Waals surface area contributed by atoms with Gasteiger partial charge in [-0.3, -0.25) is 10.1 Å². The number of aryl methyl sites for hydroxylation is 1. The molecule has 76 valence electrons. The van der Waals surface area contributed by atoms with Crippen LogP contribution in [-0.4, -0.2) is 17.5 Å². The van der Waals surface area contributed by atoms with E-state index in [0.717, 1.165) is 6.07 Å². The average molecular weight is 199 g/mol. The van der Waals surface area contributed by atoms with Gasteiger partial charge in [-0.2, -0.15) is 0 Å². The largest absolute Gasteiger partial charge is 0.462 e. The summed E-state index contributed by atoms with van der Waals surface area (Å²) in [6, 6.07) is 1.06. The third kappa shape index (κ3) is 1.90. The highest BCUT2D eigenvalue weighted by atomic mass is 16.6. The number of hydrogen-bond donors (Lipinski definition) is 0. The predicted molar refractivity (Wildman–Crippen MR) is 46.1 cm³/mol. The molecule has 0 aliphatic heterocycles. The highest BCUT2D eigenvalue weighted by Crippen LogP contribution is 2.21. The van der Waals surface area contributed by atoms with Crippen LogP contribution in [0.15, 0.2) is 10.5 Å². The summed E-state index contributed by atoms with van der Waals surface area (Å²) >= 11 is 0. The van der Waals surface area contributed by atoms with E-state index < -0.39 is 16.8 Å². The topological polar surface area (TPSA) is 82.6 Å². The number of esters is 1. The van der Waals surface area contributed by atoms with Crippen LogP contribution in [0.5, 0.6) is 0 Å². The predicted octanol–water partition coefficient (Wildman–Crippen LogP) is 1.67. The van der Waals surface area contributed by atoms with Gasteiger partial charge in [0.05, 0.1) is 12.7 Å². The molecule has 0 aliphatic rings. The lowest BCUT2D eigenvalue weighted by molar-refractivity contribution is -0.402. The molecule has 0 saturated carbocycles. The van der Waals surface area contributed by atoms with Crippen molar-refractivity contribution >= 4 is 11.9 Å².